The largest absolute Gasteiger partial charge is 0.236 e. The molecule has 2 nitrogen and oxygen atoms in total. The molecule has 0 radical (unpaired) electrons. The van der Waals surface area contributed by atoms with Crippen LogP contribution in [0.5, 0.6) is 0 Å². The van der Waals surface area contributed by atoms with Crippen LogP contribution in [0.3, 0.4) is 0 Å². The number of halogens is 2. The third kappa shape index (κ3) is 3.07. The van der Waals surface area contributed by atoms with E-state index in [2.05, 4.69) is 34.5 Å². The molecule has 2 saturated carbocycles. The van der Waals surface area contributed by atoms with E-state index in [0.29, 0.717) is 17.0 Å². The van der Waals surface area contributed by atoms with Crippen molar-refractivity contribution < 1.29 is 0 Å². The second-order valence-corrected chi connectivity index (χ2v) is 7.41. The zero-order chi connectivity index (χ0) is 13.4. The summed E-state index contributed by atoms with van der Waals surface area (Å²) in [5, 5.41) is 0.671. The van der Waals surface area contributed by atoms with Gasteiger partial charge in [-0.05, 0) is 67.0 Å². The minimum absolute atomic E-state index is 0.537. The zero-order valence-electron chi connectivity index (χ0n) is 11.3. The molecule has 0 bridgehead atoms. The van der Waals surface area contributed by atoms with E-state index in [1.165, 1.54) is 50.6 Å². The molecule has 0 aromatic carbocycles. The third-order valence-corrected chi connectivity index (χ3v) is 6.26. The molecule has 0 spiro atoms. The van der Waals surface area contributed by atoms with Crippen molar-refractivity contribution in [1.29, 1.82) is 0 Å². The quantitative estimate of drug-likeness (QED) is 0.517. The molecule has 2 aliphatic rings. The Morgan fingerprint density at radius 2 is 1.68 bits per heavy atom. The zero-order valence-corrected chi connectivity index (χ0v) is 14.2. The molecule has 1 aromatic rings. The number of rotatable bonds is 3. The topological polar surface area (TPSA) is 25.8 Å². The van der Waals surface area contributed by atoms with Crippen molar-refractivity contribution in [2.45, 2.75) is 63.7 Å². The van der Waals surface area contributed by atoms with Gasteiger partial charge in [0.05, 0.1) is 9.26 Å². The van der Waals surface area contributed by atoms with Crippen LogP contribution in [0, 0.1) is 9.49 Å². The van der Waals surface area contributed by atoms with Gasteiger partial charge in [0.2, 0.25) is 0 Å². The van der Waals surface area contributed by atoms with E-state index in [1.54, 1.807) is 0 Å². The highest BCUT2D eigenvalue weighted by Gasteiger charge is 2.31. The summed E-state index contributed by atoms with van der Waals surface area (Å²) in [6.45, 7) is 2.30. The molecule has 0 N–H and O–H groups in total. The van der Waals surface area contributed by atoms with Crippen molar-refractivity contribution in [3.8, 4) is 0 Å². The van der Waals surface area contributed by atoms with Gasteiger partial charge < -0.3 is 0 Å². The molecule has 0 aliphatic heterocycles. The molecule has 4 heteroatoms. The van der Waals surface area contributed by atoms with Gasteiger partial charge in [-0.2, -0.15) is 0 Å². The Kier molecular flexibility index (Phi) is 4.32. The smallest absolute Gasteiger partial charge is 0.146 e. The van der Waals surface area contributed by atoms with E-state index in [9.17, 15) is 0 Å². The molecule has 0 saturated heterocycles. The van der Waals surface area contributed by atoms with Crippen LogP contribution in [0.25, 0.3) is 0 Å². The SMILES string of the molecule is CCC1CCC(c2nc(Cl)c(I)c(C3CC3)n2)CC1. The highest BCUT2D eigenvalue weighted by Crippen LogP contribution is 2.43. The standard InChI is InChI=1S/C15H20ClIN2/c1-2-9-3-5-11(6-4-9)15-18-13(10-7-8-10)12(17)14(16)19-15/h9-11H,2-8H2,1H3. The van der Waals surface area contributed by atoms with Gasteiger partial charge in [-0.3, -0.25) is 0 Å². The minimum atomic E-state index is 0.537. The summed E-state index contributed by atoms with van der Waals surface area (Å²) in [4.78, 5) is 9.43. The predicted octanol–water partition coefficient (Wildman–Crippen LogP) is 5.30. The van der Waals surface area contributed by atoms with Gasteiger partial charge in [0.15, 0.2) is 0 Å². The maximum absolute atomic E-state index is 6.31. The number of hydrogen-bond donors (Lipinski definition) is 0. The average molecular weight is 391 g/mol. The minimum Gasteiger partial charge on any atom is -0.236 e. The molecular formula is C15H20ClIN2. The first kappa shape index (κ1) is 14.1. The summed E-state index contributed by atoms with van der Waals surface area (Å²) in [6.07, 6.45) is 8.98. The number of nitrogens with zero attached hydrogens (tertiary/aromatic N) is 2. The summed E-state index contributed by atoms with van der Waals surface area (Å²) >= 11 is 8.61. The Morgan fingerprint density at radius 3 is 2.26 bits per heavy atom. The number of aromatic nitrogens is 2. The highest BCUT2D eigenvalue weighted by molar-refractivity contribution is 14.1. The monoisotopic (exact) mass is 390 g/mol. The lowest BCUT2D eigenvalue weighted by Gasteiger charge is -2.27. The lowest BCUT2D eigenvalue weighted by atomic mass is 9.80. The van der Waals surface area contributed by atoms with Crippen molar-refractivity contribution in [2.24, 2.45) is 5.92 Å². The molecular weight excluding hydrogens is 371 g/mol. The fraction of sp³-hybridized carbons (Fsp3) is 0.733. The van der Waals surface area contributed by atoms with Gasteiger partial charge in [-0.1, -0.05) is 24.9 Å². The van der Waals surface area contributed by atoms with E-state index in [-0.39, 0.29) is 0 Å². The Bertz CT molecular complexity index is 465. The van der Waals surface area contributed by atoms with E-state index >= 15 is 0 Å². The Hall–Kier alpha value is 0.1000. The fourth-order valence-electron chi connectivity index (χ4n) is 3.09. The van der Waals surface area contributed by atoms with Gasteiger partial charge in [-0.15, -0.1) is 0 Å². The first-order valence-corrected chi connectivity index (χ1v) is 8.87. The molecule has 2 aliphatic carbocycles. The Labute approximate surface area is 133 Å². The summed E-state index contributed by atoms with van der Waals surface area (Å²) in [5.74, 6) is 3.12. The summed E-state index contributed by atoms with van der Waals surface area (Å²) in [7, 11) is 0. The van der Waals surface area contributed by atoms with Crippen LogP contribution < -0.4 is 0 Å². The lowest BCUT2D eigenvalue weighted by Crippen LogP contribution is -2.16. The lowest BCUT2D eigenvalue weighted by molar-refractivity contribution is 0.311. The molecule has 0 amide bonds. The predicted molar refractivity (Wildman–Crippen MR) is 86.7 cm³/mol. The van der Waals surface area contributed by atoms with E-state index in [4.69, 9.17) is 16.6 Å². The van der Waals surface area contributed by atoms with Crippen LogP contribution in [0.15, 0.2) is 0 Å². The molecule has 3 rings (SSSR count). The maximum Gasteiger partial charge on any atom is 0.146 e. The van der Waals surface area contributed by atoms with Crippen LogP contribution in [0.2, 0.25) is 5.15 Å². The highest BCUT2D eigenvalue weighted by atomic mass is 127. The molecule has 0 atom stereocenters. The normalized spacial score (nSPS) is 27.5. The second-order valence-electron chi connectivity index (χ2n) is 5.97. The van der Waals surface area contributed by atoms with Gasteiger partial charge in [0, 0.05) is 11.8 Å². The maximum atomic E-state index is 6.31. The molecule has 1 heterocycles. The van der Waals surface area contributed by atoms with Crippen LogP contribution in [0.4, 0.5) is 0 Å². The third-order valence-electron chi connectivity index (χ3n) is 4.61. The molecule has 1 aromatic heterocycles. The van der Waals surface area contributed by atoms with E-state index < -0.39 is 0 Å². The first-order chi connectivity index (χ1) is 9.19. The van der Waals surface area contributed by atoms with Gasteiger partial charge in [0.1, 0.15) is 11.0 Å². The molecule has 104 valence electrons. The molecule has 19 heavy (non-hydrogen) atoms. The van der Waals surface area contributed by atoms with Crippen molar-refractivity contribution in [3.63, 3.8) is 0 Å². The average Bonchev–Trinajstić information content (AvgIpc) is 3.26. The van der Waals surface area contributed by atoms with Crippen molar-refractivity contribution in [3.05, 3.63) is 20.2 Å². The summed E-state index contributed by atoms with van der Waals surface area (Å²) in [5.41, 5.74) is 1.22. The van der Waals surface area contributed by atoms with Gasteiger partial charge >= 0.3 is 0 Å². The van der Waals surface area contributed by atoms with Crippen LogP contribution >= 0.6 is 34.2 Å². The van der Waals surface area contributed by atoms with Crippen molar-refractivity contribution in [1.82, 2.24) is 9.97 Å². The molecule has 2 fully saturated rings. The van der Waals surface area contributed by atoms with E-state index in [0.717, 1.165) is 15.3 Å². The van der Waals surface area contributed by atoms with Crippen LogP contribution in [-0.4, -0.2) is 9.97 Å². The van der Waals surface area contributed by atoms with Crippen molar-refractivity contribution >= 4 is 34.2 Å². The first-order valence-electron chi connectivity index (χ1n) is 7.41. The Balaban J connectivity index is 1.81. The summed E-state index contributed by atoms with van der Waals surface area (Å²) in [6, 6.07) is 0. The van der Waals surface area contributed by atoms with Crippen LogP contribution in [0.1, 0.15) is 75.2 Å². The van der Waals surface area contributed by atoms with Crippen LogP contribution in [-0.2, 0) is 0 Å². The van der Waals surface area contributed by atoms with E-state index in [1.807, 2.05) is 0 Å². The van der Waals surface area contributed by atoms with Gasteiger partial charge in [0.25, 0.3) is 0 Å². The molecule has 0 unspecified atom stereocenters. The number of hydrogen-bond acceptors (Lipinski definition) is 2. The summed E-state index contributed by atoms with van der Waals surface area (Å²) < 4.78 is 1.08. The van der Waals surface area contributed by atoms with Crippen molar-refractivity contribution in [2.75, 3.05) is 0 Å². The van der Waals surface area contributed by atoms with Gasteiger partial charge in [-0.25, -0.2) is 9.97 Å². The Morgan fingerprint density at radius 1 is 1.05 bits per heavy atom. The fourth-order valence-corrected chi connectivity index (χ4v) is 3.96. The second kappa shape index (κ2) is 5.84.